The highest BCUT2D eigenvalue weighted by Crippen LogP contribution is 2.68. The van der Waals surface area contributed by atoms with Gasteiger partial charge in [-0.1, -0.05) is 27.7 Å². The monoisotopic (exact) mass is 347 g/mol. The maximum absolute atomic E-state index is 11.1. The van der Waals surface area contributed by atoms with Crippen LogP contribution in [0.5, 0.6) is 0 Å². The van der Waals surface area contributed by atoms with Crippen LogP contribution in [0, 0.1) is 20.3 Å². The van der Waals surface area contributed by atoms with Crippen LogP contribution >= 0.6 is 22.6 Å². The minimum Gasteiger partial charge on any atom is -0.477 e. The first-order chi connectivity index (χ1) is 7.68. The van der Waals surface area contributed by atoms with Gasteiger partial charge in [0.2, 0.25) is 0 Å². The van der Waals surface area contributed by atoms with Gasteiger partial charge in [0.25, 0.3) is 0 Å². The highest BCUT2D eigenvalue weighted by molar-refractivity contribution is 14.1. The molecule has 1 heterocycles. The molecule has 3 nitrogen and oxygen atoms in total. The molecule has 0 saturated heterocycles. The fraction of sp³-hybridized carbons (Fsp3) is 0.615. The van der Waals surface area contributed by atoms with Gasteiger partial charge in [0, 0.05) is 16.3 Å². The van der Waals surface area contributed by atoms with Gasteiger partial charge in [0.1, 0.15) is 5.69 Å². The zero-order valence-corrected chi connectivity index (χ0v) is 12.8. The van der Waals surface area contributed by atoms with Crippen molar-refractivity contribution in [2.24, 2.45) is 16.7 Å². The van der Waals surface area contributed by atoms with E-state index in [9.17, 15) is 4.79 Å². The van der Waals surface area contributed by atoms with Gasteiger partial charge in [0.05, 0.1) is 0 Å². The molecule has 2 rings (SSSR count). The van der Waals surface area contributed by atoms with E-state index in [4.69, 9.17) is 5.11 Å². The highest BCUT2D eigenvalue weighted by atomic mass is 127. The third-order valence-electron chi connectivity index (χ3n) is 4.78. The molecule has 0 radical (unpaired) electrons. The quantitative estimate of drug-likeness (QED) is 0.851. The molecule has 17 heavy (non-hydrogen) atoms. The second-order valence-corrected chi connectivity index (χ2v) is 7.24. The average molecular weight is 347 g/mol. The number of hydrogen-bond acceptors (Lipinski definition) is 1. The molecule has 0 unspecified atom stereocenters. The molecule has 4 heteroatoms. The molecule has 1 aliphatic carbocycles. The third kappa shape index (κ3) is 1.90. The second-order valence-electron chi connectivity index (χ2n) is 6.00. The first kappa shape index (κ1) is 12.9. The number of carboxylic acid groups (broad SMARTS) is 1. The number of carboxylic acids is 1. The second kappa shape index (κ2) is 3.73. The molecule has 1 aromatic rings. The van der Waals surface area contributed by atoms with E-state index in [0.29, 0.717) is 22.4 Å². The van der Waals surface area contributed by atoms with Crippen molar-refractivity contribution in [3.8, 4) is 0 Å². The normalized spacial score (nSPS) is 21.5. The first-order valence-electron chi connectivity index (χ1n) is 5.77. The fourth-order valence-electron chi connectivity index (χ4n) is 2.79. The molecule has 0 spiro atoms. The molecule has 0 aromatic carbocycles. The lowest BCUT2D eigenvalue weighted by Crippen LogP contribution is -2.11. The molecule has 0 amide bonds. The van der Waals surface area contributed by atoms with Gasteiger partial charge in [-0.25, -0.2) is 4.79 Å². The van der Waals surface area contributed by atoms with Crippen molar-refractivity contribution in [1.29, 1.82) is 0 Å². The van der Waals surface area contributed by atoms with E-state index in [1.165, 1.54) is 0 Å². The Morgan fingerprint density at radius 2 is 1.94 bits per heavy atom. The van der Waals surface area contributed by atoms with Crippen molar-refractivity contribution >= 4 is 28.6 Å². The number of hydrogen-bond donors (Lipinski definition) is 1. The van der Waals surface area contributed by atoms with Crippen molar-refractivity contribution in [2.45, 2.75) is 34.2 Å². The Morgan fingerprint density at radius 3 is 2.35 bits per heavy atom. The van der Waals surface area contributed by atoms with E-state index in [2.05, 4.69) is 50.3 Å². The van der Waals surface area contributed by atoms with Crippen LogP contribution in [-0.4, -0.2) is 15.6 Å². The van der Waals surface area contributed by atoms with E-state index < -0.39 is 5.97 Å². The molecular weight excluding hydrogens is 329 g/mol. The lowest BCUT2D eigenvalue weighted by atomic mass is 10.0. The SMILES string of the molecule is CC1(C)C(Cn2cc(I)cc2C(=O)O)C1(C)C. The van der Waals surface area contributed by atoms with Crippen molar-refractivity contribution in [3.05, 3.63) is 21.5 Å². The number of aromatic carboxylic acids is 1. The molecule has 94 valence electrons. The Labute approximate surface area is 115 Å². The van der Waals surface area contributed by atoms with E-state index in [-0.39, 0.29) is 0 Å². The minimum absolute atomic E-state index is 0.290. The van der Waals surface area contributed by atoms with Gasteiger partial charge in [-0.15, -0.1) is 0 Å². The molecule has 1 fully saturated rings. The van der Waals surface area contributed by atoms with Crippen molar-refractivity contribution in [2.75, 3.05) is 0 Å². The van der Waals surface area contributed by atoms with Crippen LogP contribution in [0.15, 0.2) is 12.3 Å². The number of aromatic nitrogens is 1. The third-order valence-corrected chi connectivity index (χ3v) is 5.37. The van der Waals surface area contributed by atoms with Crippen molar-refractivity contribution in [1.82, 2.24) is 4.57 Å². The summed E-state index contributed by atoms with van der Waals surface area (Å²) in [6, 6.07) is 1.73. The Bertz CT molecular complexity index is 460. The van der Waals surface area contributed by atoms with Gasteiger partial charge in [-0.2, -0.15) is 0 Å². The van der Waals surface area contributed by atoms with Crippen LogP contribution < -0.4 is 0 Å². The summed E-state index contributed by atoms with van der Waals surface area (Å²) >= 11 is 2.16. The zero-order chi connectivity index (χ0) is 13.0. The maximum atomic E-state index is 11.1. The van der Waals surface area contributed by atoms with E-state index >= 15 is 0 Å². The average Bonchev–Trinajstić information content (AvgIpc) is 2.51. The summed E-state index contributed by atoms with van der Waals surface area (Å²) in [6.45, 7) is 9.82. The van der Waals surface area contributed by atoms with Crippen LogP contribution in [0.2, 0.25) is 0 Å². The van der Waals surface area contributed by atoms with Gasteiger partial charge in [-0.05, 0) is 45.4 Å². The summed E-state index contributed by atoms with van der Waals surface area (Å²) in [5, 5.41) is 9.15. The van der Waals surface area contributed by atoms with E-state index in [1.807, 2.05) is 10.8 Å². The summed E-state index contributed by atoms with van der Waals surface area (Å²) in [5.74, 6) is -0.305. The van der Waals surface area contributed by atoms with Crippen molar-refractivity contribution in [3.63, 3.8) is 0 Å². The first-order valence-corrected chi connectivity index (χ1v) is 6.85. The van der Waals surface area contributed by atoms with Crippen molar-refractivity contribution < 1.29 is 9.90 Å². The topological polar surface area (TPSA) is 42.2 Å². The summed E-state index contributed by atoms with van der Waals surface area (Å²) < 4.78 is 2.86. The van der Waals surface area contributed by atoms with Gasteiger partial charge >= 0.3 is 5.97 Å². The summed E-state index contributed by atoms with van der Waals surface area (Å²) in [4.78, 5) is 11.1. The van der Waals surface area contributed by atoms with E-state index in [0.717, 1.165) is 10.1 Å². The zero-order valence-electron chi connectivity index (χ0n) is 10.6. The van der Waals surface area contributed by atoms with Crippen LogP contribution in [0.4, 0.5) is 0 Å². The lowest BCUT2D eigenvalue weighted by molar-refractivity contribution is 0.0684. The molecule has 1 aromatic heterocycles. The molecule has 0 atom stereocenters. The van der Waals surface area contributed by atoms with E-state index in [1.54, 1.807) is 6.07 Å². The molecule has 1 aliphatic rings. The van der Waals surface area contributed by atoms with Gasteiger partial charge in [0.15, 0.2) is 0 Å². The van der Waals surface area contributed by atoms with Crippen LogP contribution in [0.25, 0.3) is 0 Å². The smallest absolute Gasteiger partial charge is 0.352 e. The Morgan fingerprint density at radius 1 is 1.41 bits per heavy atom. The standard InChI is InChI=1S/C13H18INO2/c1-12(2)10(13(12,3)4)7-15-6-8(14)5-9(15)11(16)17/h5-6,10H,7H2,1-4H3,(H,16,17). The molecule has 0 aliphatic heterocycles. The number of carbonyl (C=O) groups is 1. The number of halogens is 1. The maximum Gasteiger partial charge on any atom is 0.352 e. The summed E-state index contributed by atoms with van der Waals surface area (Å²) in [6.07, 6.45) is 1.93. The summed E-state index contributed by atoms with van der Waals surface area (Å²) in [7, 11) is 0. The molecule has 1 saturated carbocycles. The highest BCUT2D eigenvalue weighted by Gasteiger charge is 2.64. The Balaban J connectivity index is 2.24. The number of rotatable bonds is 3. The fourth-order valence-corrected chi connectivity index (χ4v) is 3.42. The largest absolute Gasteiger partial charge is 0.477 e. The lowest BCUT2D eigenvalue weighted by Gasteiger charge is -2.07. The predicted molar refractivity (Wildman–Crippen MR) is 75.2 cm³/mol. The molecule has 0 bridgehead atoms. The summed E-state index contributed by atoms with van der Waals surface area (Å²) in [5.41, 5.74) is 0.977. The van der Waals surface area contributed by atoms with Gasteiger partial charge in [-0.3, -0.25) is 0 Å². The Kier molecular flexibility index (Phi) is 2.84. The molecule has 1 N–H and O–H groups in total. The Hall–Kier alpha value is -0.520. The van der Waals surface area contributed by atoms with Crippen LogP contribution in [0.1, 0.15) is 38.2 Å². The number of nitrogens with zero attached hydrogens (tertiary/aromatic N) is 1. The minimum atomic E-state index is -0.843. The predicted octanol–water partition coefficient (Wildman–Crippen LogP) is 3.47. The van der Waals surface area contributed by atoms with Crippen LogP contribution in [0.3, 0.4) is 0 Å². The van der Waals surface area contributed by atoms with Gasteiger partial charge < -0.3 is 9.67 Å². The van der Waals surface area contributed by atoms with Crippen LogP contribution in [-0.2, 0) is 6.54 Å². The molecular formula is C13H18INO2.